The van der Waals surface area contributed by atoms with E-state index in [1.807, 2.05) is 30.7 Å². The van der Waals surface area contributed by atoms with Crippen LogP contribution in [0, 0.1) is 19.7 Å². The van der Waals surface area contributed by atoms with Gasteiger partial charge in [0.25, 0.3) is 0 Å². The van der Waals surface area contributed by atoms with Crippen molar-refractivity contribution >= 4 is 5.69 Å². The monoisotopic (exact) mass is 233 g/mol. The van der Waals surface area contributed by atoms with Gasteiger partial charge in [-0.15, -0.1) is 0 Å². The van der Waals surface area contributed by atoms with E-state index < -0.39 is 0 Å². The molecule has 0 saturated carbocycles. The third-order valence-electron chi connectivity index (χ3n) is 2.72. The largest absolute Gasteiger partial charge is 0.381 e. The summed E-state index contributed by atoms with van der Waals surface area (Å²) in [6.45, 7) is 5.28. The maximum Gasteiger partial charge on any atom is 0.146 e. The molecule has 0 saturated heterocycles. The first kappa shape index (κ1) is 11.6. The van der Waals surface area contributed by atoms with Gasteiger partial charge in [0, 0.05) is 25.5 Å². The molecule has 2 rings (SSSR count). The summed E-state index contributed by atoms with van der Waals surface area (Å²) >= 11 is 0. The first-order valence-electron chi connectivity index (χ1n) is 5.64. The summed E-state index contributed by atoms with van der Waals surface area (Å²) in [5.41, 5.74) is 1.48. The molecule has 1 aromatic carbocycles. The fraction of sp³-hybridized carbons (Fsp3) is 0.308. The summed E-state index contributed by atoms with van der Waals surface area (Å²) in [4.78, 5) is 4.13. The highest BCUT2D eigenvalue weighted by Crippen LogP contribution is 2.14. The van der Waals surface area contributed by atoms with Crippen LogP contribution in [0.4, 0.5) is 10.1 Å². The van der Waals surface area contributed by atoms with E-state index >= 15 is 0 Å². The molecular formula is C13H16FN3. The highest BCUT2D eigenvalue weighted by molar-refractivity contribution is 5.45. The molecule has 0 spiro atoms. The lowest BCUT2D eigenvalue weighted by Gasteiger charge is -2.09. The Hall–Kier alpha value is -1.84. The number of aryl methyl sites for hydroxylation is 2. The molecule has 0 aliphatic rings. The van der Waals surface area contributed by atoms with Gasteiger partial charge in [-0.1, -0.05) is 6.07 Å². The average molecular weight is 233 g/mol. The maximum atomic E-state index is 13.5. The molecule has 0 amide bonds. The maximum absolute atomic E-state index is 13.5. The molecule has 4 heteroatoms. The van der Waals surface area contributed by atoms with Crippen LogP contribution in [0.5, 0.6) is 0 Å². The lowest BCUT2D eigenvalue weighted by molar-refractivity contribution is 0.626. The van der Waals surface area contributed by atoms with Crippen molar-refractivity contribution in [2.45, 2.75) is 20.4 Å². The highest BCUT2D eigenvalue weighted by atomic mass is 19.1. The molecule has 0 bridgehead atoms. The van der Waals surface area contributed by atoms with Crippen molar-refractivity contribution < 1.29 is 4.39 Å². The quantitative estimate of drug-likeness (QED) is 0.880. The highest BCUT2D eigenvalue weighted by Gasteiger charge is 2.01. The molecule has 90 valence electrons. The summed E-state index contributed by atoms with van der Waals surface area (Å²) in [6.07, 6.45) is 3.68. The first-order valence-corrected chi connectivity index (χ1v) is 5.64. The number of hydrogen-bond acceptors (Lipinski definition) is 2. The number of nitrogens with one attached hydrogen (secondary N) is 1. The summed E-state index contributed by atoms with van der Waals surface area (Å²) in [7, 11) is 0. The van der Waals surface area contributed by atoms with Crippen molar-refractivity contribution in [1.82, 2.24) is 9.55 Å². The molecular weight excluding hydrogens is 217 g/mol. The summed E-state index contributed by atoms with van der Waals surface area (Å²) < 4.78 is 15.5. The summed E-state index contributed by atoms with van der Waals surface area (Å²) in [5, 5.41) is 3.08. The molecule has 1 aromatic heterocycles. The van der Waals surface area contributed by atoms with Gasteiger partial charge in [0.05, 0.1) is 5.69 Å². The Morgan fingerprint density at radius 3 is 2.82 bits per heavy atom. The van der Waals surface area contributed by atoms with E-state index in [1.165, 1.54) is 6.07 Å². The van der Waals surface area contributed by atoms with Crippen LogP contribution in [0.15, 0.2) is 30.6 Å². The van der Waals surface area contributed by atoms with Gasteiger partial charge in [0.15, 0.2) is 0 Å². The van der Waals surface area contributed by atoms with E-state index in [0.29, 0.717) is 12.2 Å². The zero-order chi connectivity index (χ0) is 12.3. The van der Waals surface area contributed by atoms with Crippen molar-refractivity contribution in [2.24, 2.45) is 0 Å². The molecule has 0 atom stereocenters. The molecule has 0 radical (unpaired) electrons. The lowest BCUT2D eigenvalue weighted by Crippen LogP contribution is -2.11. The number of aromatic nitrogens is 2. The van der Waals surface area contributed by atoms with Crippen molar-refractivity contribution in [1.29, 1.82) is 0 Å². The van der Waals surface area contributed by atoms with E-state index in [-0.39, 0.29) is 5.82 Å². The van der Waals surface area contributed by atoms with Crippen LogP contribution in [0.3, 0.4) is 0 Å². The number of hydrogen-bond donors (Lipinski definition) is 1. The third-order valence-corrected chi connectivity index (χ3v) is 2.72. The van der Waals surface area contributed by atoms with Crippen molar-refractivity contribution in [3.05, 3.63) is 47.8 Å². The van der Waals surface area contributed by atoms with Gasteiger partial charge in [0.2, 0.25) is 0 Å². The summed E-state index contributed by atoms with van der Waals surface area (Å²) in [6, 6.07) is 5.20. The van der Waals surface area contributed by atoms with Gasteiger partial charge < -0.3 is 9.88 Å². The Bertz CT molecular complexity index is 505. The zero-order valence-electron chi connectivity index (χ0n) is 10.1. The SMILES string of the molecule is Cc1ccc(NCCn2ccnc2C)c(F)c1. The number of rotatable bonds is 4. The van der Waals surface area contributed by atoms with Gasteiger partial charge in [-0.05, 0) is 31.5 Å². The molecule has 1 N–H and O–H groups in total. The first-order chi connectivity index (χ1) is 8.16. The summed E-state index contributed by atoms with van der Waals surface area (Å²) in [5.74, 6) is 0.767. The second kappa shape index (κ2) is 4.99. The predicted octanol–water partition coefficient (Wildman–Crippen LogP) is 2.75. The number of imidazole rings is 1. The fourth-order valence-corrected chi connectivity index (χ4v) is 1.71. The Balaban J connectivity index is 1.92. The molecule has 2 aromatic rings. The molecule has 0 unspecified atom stereocenters. The van der Waals surface area contributed by atoms with Crippen LogP contribution < -0.4 is 5.32 Å². The Kier molecular flexibility index (Phi) is 3.42. The van der Waals surface area contributed by atoms with Gasteiger partial charge >= 0.3 is 0 Å². The van der Waals surface area contributed by atoms with Gasteiger partial charge in [-0.2, -0.15) is 0 Å². The fourth-order valence-electron chi connectivity index (χ4n) is 1.71. The minimum atomic E-state index is -0.202. The van der Waals surface area contributed by atoms with E-state index in [4.69, 9.17) is 0 Å². The molecule has 0 fully saturated rings. The number of anilines is 1. The topological polar surface area (TPSA) is 29.9 Å². The second-order valence-corrected chi connectivity index (χ2v) is 4.08. The van der Waals surface area contributed by atoms with E-state index in [9.17, 15) is 4.39 Å². The van der Waals surface area contributed by atoms with Crippen LogP contribution >= 0.6 is 0 Å². The smallest absolute Gasteiger partial charge is 0.146 e. The van der Waals surface area contributed by atoms with Crippen molar-refractivity contribution in [2.75, 3.05) is 11.9 Å². The Labute approximate surface area is 100 Å². The number of halogens is 1. The number of benzene rings is 1. The minimum absolute atomic E-state index is 0.202. The zero-order valence-corrected chi connectivity index (χ0v) is 10.1. The third kappa shape index (κ3) is 2.84. The molecule has 1 heterocycles. The van der Waals surface area contributed by atoms with Gasteiger partial charge in [-0.25, -0.2) is 9.37 Å². The standard InChI is InChI=1S/C13H16FN3/c1-10-3-4-13(12(14)9-10)16-6-8-17-7-5-15-11(17)2/h3-5,7,9,16H,6,8H2,1-2H3. The average Bonchev–Trinajstić information content (AvgIpc) is 2.68. The lowest BCUT2D eigenvalue weighted by atomic mass is 10.2. The van der Waals surface area contributed by atoms with Crippen LogP contribution in [-0.4, -0.2) is 16.1 Å². The Morgan fingerprint density at radius 1 is 1.35 bits per heavy atom. The van der Waals surface area contributed by atoms with Crippen molar-refractivity contribution in [3.63, 3.8) is 0 Å². The molecule has 3 nitrogen and oxygen atoms in total. The minimum Gasteiger partial charge on any atom is -0.381 e. The van der Waals surface area contributed by atoms with Crippen LogP contribution in [0.1, 0.15) is 11.4 Å². The van der Waals surface area contributed by atoms with E-state index in [0.717, 1.165) is 17.9 Å². The van der Waals surface area contributed by atoms with Crippen LogP contribution in [0.25, 0.3) is 0 Å². The normalized spacial score (nSPS) is 10.5. The van der Waals surface area contributed by atoms with Crippen molar-refractivity contribution in [3.8, 4) is 0 Å². The molecule has 0 aliphatic carbocycles. The van der Waals surface area contributed by atoms with E-state index in [2.05, 4.69) is 10.3 Å². The predicted molar refractivity (Wildman–Crippen MR) is 66.6 cm³/mol. The number of nitrogens with zero attached hydrogens (tertiary/aromatic N) is 2. The Morgan fingerprint density at radius 2 is 2.18 bits per heavy atom. The van der Waals surface area contributed by atoms with Crippen LogP contribution in [0.2, 0.25) is 0 Å². The molecule has 0 aliphatic heterocycles. The van der Waals surface area contributed by atoms with Crippen LogP contribution in [-0.2, 0) is 6.54 Å². The van der Waals surface area contributed by atoms with Gasteiger partial charge in [0.1, 0.15) is 11.6 Å². The second-order valence-electron chi connectivity index (χ2n) is 4.08. The van der Waals surface area contributed by atoms with Gasteiger partial charge in [-0.3, -0.25) is 0 Å². The molecule has 17 heavy (non-hydrogen) atoms. The van der Waals surface area contributed by atoms with E-state index in [1.54, 1.807) is 12.3 Å².